The predicted molar refractivity (Wildman–Crippen MR) is 49.9 cm³/mol. The van der Waals surface area contributed by atoms with Crippen molar-refractivity contribution in [2.24, 2.45) is 0 Å². The normalized spacial score (nSPS) is 14.7. The lowest BCUT2D eigenvalue weighted by atomic mass is 10.0. The van der Waals surface area contributed by atoms with Crippen LogP contribution >= 0.6 is 0 Å². The molecule has 1 atom stereocenters. The zero-order chi connectivity index (χ0) is 10.1. The fourth-order valence-electron chi connectivity index (χ4n) is 1.04. The van der Waals surface area contributed by atoms with Crippen LogP contribution in [0.25, 0.3) is 0 Å². The molecule has 0 aliphatic heterocycles. The lowest BCUT2D eigenvalue weighted by molar-refractivity contribution is 0.117. The smallest absolute Gasteiger partial charge is 0.164 e. The first-order valence-corrected chi connectivity index (χ1v) is 3.98. The highest BCUT2D eigenvalue weighted by Crippen LogP contribution is 2.17. The molecule has 0 amide bonds. The Hall–Kier alpha value is -1.40. The van der Waals surface area contributed by atoms with Gasteiger partial charge in [0.2, 0.25) is 0 Å². The Balaban J connectivity index is 3.25. The second kappa shape index (κ2) is 3.15. The molecule has 0 aromatic carbocycles. The molecule has 0 unspecified atom stereocenters. The molecule has 1 N–H and O–H groups in total. The third-order valence-corrected chi connectivity index (χ3v) is 1.75. The van der Waals surface area contributed by atoms with Crippen molar-refractivity contribution in [3.05, 3.63) is 23.3 Å². The first kappa shape index (κ1) is 9.69. The van der Waals surface area contributed by atoms with E-state index in [1.807, 2.05) is 6.92 Å². The maximum Gasteiger partial charge on any atom is 0.164 e. The van der Waals surface area contributed by atoms with Crippen LogP contribution < -0.4 is 0 Å². The zero-order valence-corrected chi connectivity index (χ0v) is 8.00. The molecule has 1 aromatic rings. The molecule has 0 fully saturated rings. The number of hydrogen-bond acceptors (Lipinski definition) is 3. The van der Waals surface area contributed by atoms with Crippen LogP contribution in [0, 0.1) is 26.2 Å². The molecule has 0 saturated heterocycles. The van der Waals surface area contributed by atoms with Crippen LogP contribution in [-0.4, -0.2) is 15.1 Å². The first-order chi connectivity index (χ1) is 5.95. The molecule has 3 nitrogen and oxygen atoms in total. The minimum atomic E-state index is -1.31. The van der Waals surface area contributed by atoms with Gasteiger partial charge in [-0.1, -0.05) is 5.92 Å². The summed E-state index contributed by atoms with van der Waals surface area (Å²) in [5.41, 5.74) is -0.0311. The van der Waals surface area contributed by atoms with Crippen LogP contribution in [-0.2, 0) is 5.60 Å². The molecule has 0 bridgehead atoms. The Morgan fingerprint density at radius 2 is 2.08 bits per heavy atom. The summed E-state index contributed by atoms with van der Waals surface area (Å²) in [4.78, 5) is 8.16. The van der Waals surface area contributed by atoms with Crippen molar-refractivity contribution >= 4 is 0 Å². The number of terminal acetylenes is 1. The Kier molecular flexibility index (Phi) is 2.35. The van der Waals surface area contributed by atoms with E-state index in [-0.39, 0.29) is 0 Å². The summed E-state index contributed by atoms with van der Waals surface area (Å²) in [6, 6.07) is 1.69. The monoisotopic (exact) mass is 176 g/mol. The van der Waals surface area contributed by atoms with Crippen LogP contribution in [0.1, 0.15) is 24.1 Å². The van der Waals surface area contributed by atoms with E-state index < -0.39 is 5.60 Å². The van der Waals surface area contributed by atoms with Gasteiger partial charge in [-0.15, -0.1) is 6.42 Å². The third kappa shape index (κ3) is 2.04. The van der Waals surface area contributed by atoms with E-state index in [2.05, 4.69) is 15.9 Å². The van der Waals surface area contributed by atoms with E-state index in [1.54, 1.807) is 13.0 Å². The van der Waals surface area contributed by atoms with Crippen LogP contribution in [0.3, 0.4) is 0 Å². The second-order valence-corrected chi connectivity index (χ2v) is 3.16. The maximum atomic E-state index is 9.72. The van der Waals surface area contributed by atoms with Crippen LogP contribution in [0.4, 0.5) is 0 Å². The molecule has 1 aromatic heterocycles. The van der Waals surface area contributed by atoms with Gasteiger partial charge < -0.3 is 5.11 Å². The van der Waals surface area contributed by atoms with Crippen molar-refractivity contribution in [1.29, 1.82) is 0 Å². The van der Waals surface area contributed by atoms with Crippen LogP contribution in [0.5, 0.6) is 0 Å². The van der Waals surface area contributed by atoms with Gasteiger partial charge in [-0.05, 0) is 26.8 Å². The summed E-state index contributed by atoms with van der Waals surface area (Å²) in [6.07, 6.45) is 5.18. The lowest BCUT2D eigenvalue weighted by Crippen LogP contribution is -2.21. The quantitative estimate of drug-likeness (QED) is 0.647. The number of nitrogens with zero attached hydrogens (tertiary/aromatic N) is 2. The predicted octanol–water partition coefficient (Wildman–Crippen LogP) is 0.934. The molecule has 68 valence electrons. The molecule has 0 aliphatic rings. The average molecular weight is 176 g/mol. The fraction of sp³-hybridized carbons (Fsp3) is 0.400. The zero-order valence-electron chi connectivity index (χ0n) is 8.00. The van der Waals surface area contributed by atoms with Crippen molar-refractivity contribution in [3.8, 4) is 12.3 Å². The highest BCUT2D eigenvalue weighted by Gasteiger charge is 2.21. The van der Waals surface area contributed by atoms with Crippen LogP contribution in [0.15, 0.2) is 6.07 Å². The highest BCUT2D eigenvalue weighted by atomic mass is 16.3. The van der Waals surface area contributed by atoms with Crippen molar-refractivity contribution in [1.82, 2.24) is 9.97 Å². The van der Waals surface area contributed by atoms with Gasteiger partial charge in [0.05, 0.1) is 5.69 Å². The van der Waals surface area contributed by atoms with E-state index in [1.165, 1.54) is 6.92 Å². The summed E-state index contributed by atoms with van der Waals surface area (Å²) >= 11 is 0. The number of hydrogen-bond donors (Lipinski definition) is 1. The first-order valence-electron chi connectivity index (χ1n) is 3.98. The Labute approximate surface area is 77.9 Å². The van der Waals surface area contributed by atoms with Gasteiger partial charge in [0.1, 0.15) is 5.82 Å². The van der Waals surface area contributed by atoms with Crippen molar-refractivity contribution in [2.75, 3.05) is 0 Å². The minimum Gasteiger partial charge on any atom is -0.372 e. The lowest BCUT2D eigenvalue weighted by Gasteiger charge is -2.15. The van der Waals surface area contributed by atoms with Gasteiger partial charge in [0.15, 0.2) is 5.60 Å². The fourth-order valence-corrected chi connectivity index (χ4v) is 1.04. The van der Waals surface area contributed by atoms with Crippen molar-refractivity contribution < 1.29 is 5.11 Å². The largest absolute Gasteiger partial charge is 0.372 e. The second-order valence-electron chi connectivity index (χ2n) is 3.16. The molecule has 13 heavy (non-hydrogen) atoms. The van der Waals surface area contributed by atoms with Gasteiger partial charge >= 0.3 is 0 Å². The third-order valence-electron chi connectivity index (χ3n) is 1.75. The molecular weight excluding hydrogens is 164 g/mol. The van der Waals surface area contributed by atoms with Gasteiger partial charge in [-0.25, -0.2) is 9.97 Å². The summed E-state index contributed by atoms with van der Waals surface area (Å²) in [5.74, 6) is 2.89. The number of aliphatic hydroxyl groups is 1. The summed E-state index contributed by atoms with van der Waals surface area (Å²) in [5, 5.41) is 9.72. The van der Waals surface area contributed by atoms with Gasteiger partial charge in [0.25, 0.3) is 0 Å². The molecule has 1 heterocycles. The van der Waals surface area contributed by atoms with Gasteiger partial charge in [0, 0.05) is 5.69 Å². The number of rotatable bonds is 1. The molecule has 1 rings (SSSR count). The average Bonchev–Trinajstić information content (AvgIpc) is 2.02. The summed E-state index contributed by atoms with van der Waals surface area (Å²) in [7, 11) is 0. The van der Waals surface area contributed by atoms with E-state index >= 15 is 0 Å². The molecule has 0 spiro atoms. The molecule has 0 radical (unpaired) electrons. The number of aromatic nitrogens is 2. The highest BCUT2D eigenvalue weighted by molar-refractivity contribution is 5.24. The van der Waals surface area contributed by atoms with Gasteiger partial charge in [-0.3, -0.25) is 0 Å². The van der Waals surface area contributed by atoms with E-state index in [9.17, 15) is 5.11 Å². The summed E-state index contributed by atoms with van der Waals surface area (Å²) in [6.45, 7) is 5.14. The molecule has 0 aliphatic carbocycles. The molecular formula is C10H12N2O. The topological polar surface area (TPSA) is 46.0 Å². The Morgan fingerprint density at radius 3 is 2.54 bits per heavy atom. The van der Waals surface area contributed by atoms with E-state index in [0.717, 1.165) is 5.69 Å². The van der Waals surface area contributed by atoms with Crippen LogP contribution in [0.2, 0.25) is 0 Å². The summed E-state index contributed by atoms with van der Waals surface area (Å²) < 4.78 is 0. The standard InChI is InChI=1S/C10H12N2O/c1-5-10(4,13)9-6-7(2)11-8(3)12-9/h1,6,13H,2-4H3/t10-/m0/s1. The van der Waals surface area contributed by atoms with Gasteiger partial charge in [-0.2, -0.15) is 0 Å². The Bertz CT molecular complexity index is 343. The molecule has 0 saturated carbocycles. The SMILES string of the molecule is C#C[C@](C)(O)c1cc(C)nc(C)n1. The van der Waals surface area contributed by atoms with E-state index in [4.69, 9.17) is 6.42 Å². The number of aryl methyl sites for hydroxylation is 2. The van der Waals surface area contributed by atoms with E-state index in [0.29, 0.717) is 11.5 Å². The van der Waals surface area contributed by atoms with Crippen molar-refractivity contribution in [3.63, 3.8) is 0 Å². The maximum absolute atomic E-state index is 9.72. The minimum absolute atomic E-state index is 0.472. The Morgan fingerprint density at radius 1 is 1.46 bits per heavy atom. The van der Waals surface area contributed by atoms with Crippen molar-refractivity contribution in [2.45, 2.75) is 26.4 Å². The molecule has 3 heteroatoms.